The third-order valence-corrected chi connectivity index (χ3v) is 11.2. The summed E-state index contributed by atoms with van der Waals surface area (Å²) in [6.07, 6.45) is 0.622. The average molecular weight is 1100 g/mol. The molecule has 18 heteroatoms. The van der Waals surface area contributed by atoms with E-state index in [1.54, 1.807) is 30.3 Å². The predicted octanol–water partition coefficient (Wildman–Crippen LogP) is 9.03. The summed E-state index contributed by atoms with van der Waals surface area (Å²) in [5.41, 5.74) is 2.32. The molecule has 4 aromatic carbocycles. The molecule has 0 spiro atoms. The molecule has 272 valence electrons. The summed E-state index contributed by atoms with van der Waals surface area (Å²) in [5, 5.41) is 53.0. The van der Waals surface area contributed by atoms with E-state index in [-0.39, 0.29) is 70.6 Å². The SMILES string of the molecule is O=C1NCCc2cc(Br)c(c(Br)c2)Oc2cc(cc(Br)c2O)CCNC(=O)/C(=N/O)Cc2cc(Br)c(c(Br)c2)Oc2cc(cc(Br)c2O)C/C1=N/O. The van der Waals surface area contributed by atoms with Gasteiger partial charge >= 0.3 is 0 Å². The number of phenolic OH excluding ortho intramolecular Hbond substituents is 2. The summed E-state index contributed by atoms with van der Waals surface area (Å²) in [5.74, 6) is -0.646. The summed E-state index contributed by atoms with van der Waals surface area (Å²) in [6, 6.07) is 13.4. The fourth-order valence-electron chi connectivity index (χ4n) is 5.10. The van der Waals surface area contributed by atoms with E-state index in [0.717, 1.165) is 11.1 Å². The number of rotatable bonds is 0. The number of amides is 2. The Morgan fingerprint density at radius 3 is 1.27 bits per heavy atom. The molecule has 2 amide bonds. The van der Waals surface area contributed by atoms with Gasteiger partial charge in [0.1, 0.15) is 11.4 Å². The van der Waals surface area contributed by atoms with Crippen molar-refractivity contribution in [3.63, 3.8) is 0 Å². The highest BCUT2D eigenvalue weighted by molar-refractivity contribution is 9.11. The lowest BCUT2D eigenvalue weighted by Gasteiger charge is -2.16. The lowest BCUT2D eigenvalue weighted by atomic mass is 10.1. The van der Waals surface area contributed by atoms with Crippen LogP contribution in [0.3, 0.4) is 0 Å². The Balaban J connectivity index is 1.49. The predicted molar refractivity (Wildman–Crippen MR) is 215 cm³/mol. The van der Waals surface area contributed by atoms with Crippen LogP contribution in [0.5, 0.6) is 34.5 Å². The molecule has 0 unspecified atom stereocenters. The van der Waals surface area contributed by atoms with Crippen LogP contribution < -0.4 is 20.1 Å². The largest absolute Gasteiger partial charge is 0.503 e. The summed E-state index contributed by atoms with van der Waals surface area (Å²) in [6.45, 7) is 0.387. The molecule has 0 aliphatic carbocycles. The smallest absolute Gasteiger partial charge is 0.269 e. The number of oxime groups is 2. The van der Waals surface area contributed by atoms with Crippen molar-refractivity contribution in [1.29, 1.82) is 0 Å². The van der Waals surface area contributed by atoms with E-state index < -0.39 is 11.8 Å². The second kappa shape index (κ2) is 17.8. The number of nitrogens with zero attached hydrogens (tertiary/aromatic N) is 2. The second-order valence-corrected chi connectivity index (χ2v) is 16.4. The number of halogens is 6. The molecule has 8 bridgehead atoms. The third-order valence-electron chi connectivity index (χ3n) is 7.62. The maximum Gasteiger partial charge on any atom is 0.269 e. The molecule has 4 aliphatic rings. The van der Waals surface area contributed by atoms with E-state index in [4.69, 9.17) is 9.47 Å². The zero-order valence-electron chi connectivity index (χ0n) is 26.4. The Labute approximate surface area is 347 Å². The van der Waals surface area contributed by atoms with E-state index in [0.29, 0.717) is 52.1 Å². The van der Waals surface area contributed by atoms with Gasteiger partial charge in [0.05, 0.1) is 26.8 Å². The Morgan fingerprint density at radius 1 is 0.519 bits per heavy atom. The van der Waals surface area contributed by atoms with E-state index in [1.165, 1.54) is 6.07 Å². The number of hydrogen-bond acceptors (Lipinski definition) is 10. The quantitative estimate of drug-likeness (QED) is 0.0745. The monoisotopic (exact) mass is 1090 g/mol. The number of nitrogens with one attached hydrogen (secondary N) is 2. The third kappa shape index (κ3) is 9.68. The highest BCUT2D eigenvalue weighted by Crippen LogP contribution is 2.45. The number of carbonyl (C=O) groups is 2. The maximum atomic E-state index is 13.0. The summed E-state index contributed by atoms with van der Waals surface area (Å²) >= 11 is 20.7. The molecule has 4 heterocycles. The van der Waals surface area contributed by atoms with E-state index in [2.05, 4.69) is 117 Å². The minimum atomic E-state index is -0.595. The van der Waals surface area contributed by atoms with Crippen LogP contribution in [-0.4, -0.2) is 57.0 Å². The molecule has 12 nitrogen and oxygen atoms in total. The van der Waals surface area contributed by atoms with Crippen LogP contribution in [-0.2, 0) is 35.3 Å². The zero-order chi connectivity index (χ0) is 37.7. The van der Waals surface area contributed by atoms with Crippen LogP contribution in [0.1, 0.15) is 22.3 Å². The van der Waals surface area contributed by atoms with Crippen LogP contribution in [0.4, 0.5) is 0 Å². The standard InChI is InChI=1S/C34H26Br6N4O8/c35-19-5-16-2-4-42-33(47)25(43-49)11-17-9-23(39)32(24(40)10-17)52-28-14-18(8-20(36)30(28)46)12-26(44-50)34(48)41-3-1-15-6-21(37)31(22(38)7-15)51-27(13-16)29(19)45/h5-10,13-14,45-46,49-50H,1-4,11-12H2,(H,41,48)(H,42,47)/b43-25+,44-26-. The Hall–Kier alpha value is -3.16. The first-order chi connectivity index (χ1) is 24.8. The van der Waals surface area contributed by atoms with Crippen molar-refractivity contribution in [3.8, 4) is 34.5 Å². The van der Waals surface area contributed by atoms with Crippen molar-refractivity contribution in [2.75, 3.05) is 13.1 Å². The molecule has 6 N–H and O–H groups in total. The molecule has 0 saturated carbocycles. The molecule has 0 radical (unpaired) electrons. The van der Waals surface area contributed by atoms with Crippen molar-refractivity contribution in [1.82, 2.24) is 10.6 Å². The second-order valence-electron chi connectivity index (χ2n) is 11.3. The number of aromatic hydroxyl groups is 2. The Bertz CT molecular complexity index is 2080. The van der Waals surface area contributed by atoms with Gasteiger partial charge in [-0.1, -0.05) is 10.3 Å². The van der Waals surface area contributed by atoms with Gasteiger partial charge in [0.25, 0.3) is 11.8 Å². The Morgan fingerprint density at radius 2 is 0.846 bits per heavy atom. The topological polar surface area (TPSA) is 182 Å². The average Bonchev–Trinajstić information content (AvgIpc) is 3.09. The van der Waals surface area contributed by atoms with Crippen LogP contribution in [0.15, 0.2) is 85.7 Å². The lowest BCUT2D eigenvalue weighted by molar-refractivity contribution is -0.115. The number of carbonyl (C=O) groups excluding carboxylic acids is 2. The van der Waals surface area contributed by atoms with Crippen molar-refractivity contribution in [2.24, 2.45) is 10.3 Å². The summed E-state index contributed by atoms with van der Waals surface area (Å²) in [4.78, 5) is 26.1. The molecule has 4 aromatic rings. The van der Waals surface area contributed by atoms with Crippen molar-refractivity contribution >= 4 is 119 Å². The molecule has 0 aromatic heterocycles. The van der Waals surface area contributed by atoms with Gasteiger partial charge in [-0.25, -0.2) is 0 Å². The van der Waals surface area contributed by atoms with Gasteiger partial charge in [-0.05, 0) is 179 Å². The lowest BCUT2D eigenvalue weighted by Crippen LogP contribution is -2.33. The molecule has 8 rings (SSSR count). The van der Waals surface area contributed by atoms with Gasteiger partial charge in [-0.15, -0.1) is 0 Å². The number of benzene rings is 4. The van der Waals surface area contributed by atoms with E-state index in [1.807, 2.05) is 12.1 Å². The van der Waals surface area contributed by atoms with Gasteiger partial charge in [-0.2, -0.15) is 0 Å². The fourth-order valence-corrected chi connectivity index (χ4v) is 8.96. The van der Waals surface area contributed by atoms with Crippen molar-refractivity contribution in [2.45, 2.75) is 25.7 Å². The van der Waals surface area contributed by atoms with Crippen molar-refractivity contribution < 1.29 is 39.7 Å². The van der Waals surface area contributed by atoms with Crippen LogP contribution in [0.2, 0.25) is 0 Å². The molecular weight excluding hydrogens is 1070 g/mol. The highest BCUT2D eigenvalue weighted by Gasteiger charge is 2.21. The number of ether oxygens (including phenoxy) is 2. The zero-order valence-corrected chi connectivity index (χ0v) is 36.0. The van der Waals surface area contributed by atoms with Gasteiger partial charge < -0.3 is 40.7 Å². The maximum absolute atomic E-state index is 13.0. The van der Waals surface area contributed by atoms with Gasteiger partial charge in [0, 0.05) is 25.9 Å². The van der Waals surface area contributed by atoms with Crippen LogP contribution in [0.25, 0.3) is 0 Å². The molecule has 4 aliphatic heterocycles. The van der Waals surface area contributed by atoms with Gasteiger partial charge in [0.2, 0.25) is 0 Å². The van der Waals surface area contributed by atoms with Crippen LogP contribution >= 0.6 is 95.6 Å². The number of hydrogen-bond donors (Lipinski definition) is 6. The molecular formula is C34H26Br6N4O8. The Kier molecular flexibility index (Phi) is 13.7. The van der Waals surface area contributed by atoms with Crippen molar-refractivity contribution in [3.05, 3.63) is 97.6 Å². The molecule has 0 fully saturated rings. The summed E-state index contributed by atoms with van der Waals surface area (Å²) in [7, 11) is 0. The first kappa shape index (κ1) is 40.0. The van der Waals surface area contributed by atoms with E-state index >= 15 is 0 Å². The minimum absolute atomic E-state index is 0.0390. The summed E-state index contributed by atoms with van der Waals surface area (Å²) < 4.78 is 14.9. The van der Waals surface area contributed by atoms with Gasteiger partial charge in [0.15, 0.2) is 34.5 Å². The fraction of sp³-hybridized carbons (Fsp3) is 0.176. The minimum Gasteiger partial charge on any atom is -0.503 e. The van der Waals surface area contributed by atoms with Crippen LogP contribution in [0, 0.1) is 0 Å². The van der Waals surface area contributed by atoms with E-state index in [9.17, 15) is 30.2 Å². The molecule has 0 atom stereocenters. The first-order valence-electron chi connectivity index (χ1n) is 15.1. The normalized spacial score (nSPS) is 16.1. The first-order valence-corrected chi connectivity index (χ1v) is 19.9. The number of phenols is 2. The molecule has 52 heavy (non-hydrogen) atoms. The highest BCUT2D eigenvalue weighted by atomic mass is 79.9. The van der Waals surface area contributed by atoms with Gasteiger partial charge in [-0.3, -0.25) is 9.59 Å². The molecule has 0 saturated heterocycles.